The van der Waals surface area contributed by atoms with Crippen LogP contribution in [0.3, 0.4) is 0 Å². The molecule has 0 saturated carbocycles. The van der Waals surface area contributed by atoms with E-state index in [1.807, 2.05) is 48.5 Å². The van der Waals surface area contributed by atoms with Crippen LogP contribution >= 0.6 is 23.1 Å². The van der Waals surface area contributed by atoms with Crippen molar-refractivity contribution in [1.29, 1.82) is 0 Å². The molecule has 0 unspecified atom stereocenters. The molecule has 0 aliphatic carbocycles. The number of ether oxygens (including phenoxy) is 2. The summed E-state index contributed by atoms with van der Waals surface area (Å²) in [5, 5.41) is 16.0. The Balaban J connectivity index is 1.41. The van der Waals surface area contributed by atoms with Gasteiger partial charge in [0.2, 0.25) is 0 Å². The molecule has 0 bridgehead atoms. The Hall–Kier alpha value is -3.04. The molecule has 1 N–H and O–H groups in total. The third-order valence-electron chi connectivity index (χ3n) is 4.62. The fraction of sp³-hybridized carbons (Fsp3) is 0.227. The Kier molecular flexibility index (Phi) is 6.73. The van der Waals surface area contributed by atoms with Crippen LogP contribution < -0.4 is 14.8 Å². The van der Waals surface area contributed by atoms with Crippen molar-refractivity contribution in [3.05, 3.63) is 59.6 Å². The maximum Gasteiger partial charge on any atom is 0.191 e. The van der Waals surface area contributed by atoms with Crippen molar-refractivity contribution < 1.29 is 9.47 Å². The van der Waals surface area contributed by atoms with Gasteiger partial charge in [0.05, 0.1) is 19.9 Å². The Morgan fingerprint density at radius 3 is 2.29 bits per heavy atom. The van der Waals surface area contributed by atoms with Crippen LogP contribution in [0.25, 0.3) is 11.4 Å². The highest BCUT2D eigenvalue weighted by atomic mass is 32.2. The number of thioether (sulfide) groups is 1. The molecule has 0 radical (unpaired) electrons. The van der Waals surface area contributed by atoms with E-state index in [2.05, 4.69) is 37.4 Å². The van der Waals surface area contributed by atoms with Gasteiger partial charge in [-0.15, -0.1) is 21.5 Å². The summed E-state index contributed by atoms with van der Waals surface area (Å²) >= 11 is 3.22. The van der Waals surface area contributed by atoms with Gasteiger partial charge in [-0.25, -0.2) is 4.98 Å². The van der Waals surface area contributed by atoms with Gasteiger partial charge >= 0.3 is 0 Å². The van der Waals surface area contributed by atoms with Gasteiger partial charge in [0, 0.05) is 28.9 Å². The fourth-order valence-electron chi connectivity index (χ4n) is 3.00. The first-order valence-corrected chi connectivity index (χ1v) is 11.6. The van der Waals surface area contributed by atoms with Crippen molar-refractivity contribution in [3.8, 4) is 22.9 Å². The molecule has 0 atom stereocenters. The Morgan fingerprint density at radius 1 is 0.968 bits per heavy atom. The fourth-order valence-corrected chi connectivity index (χ4v) is 4.73. The van der Waals surface area contributed by atoms with Crippen LogP contribution in [0.1, 0.15) is 12.6 Å². The summed E-state index contributed by atoms with van der Waals surface area (Å²) in [6.07, 6.45) is 0. The summed E-state index contributed by atoms with van der Waals surface area (Å²) in [5.41, 5.74) is 2.99. The molecular formula is C22H23N5O2S2. The third kappa shape index (κ3) is 5.00. The van der Waals surface area contributed by atoms with Crippen molar-refractivity contribution in [3.63, 3.8) is 0 Å². The molecule has 0 aliphatic heterocycles. The summed E-state index contributed by atoms with van der Waals surface area (Å²) < 4.78 is 12.6. The van der Waals surface area contributed by atoms with E-state index >= 15 is 0 Å². The summed E-state index contributed by atoms with van der Waals surface area (Å²) in [6, 6.07) is 15.7. The largest absolute Gasteiger partial charge is 0.497 e. The Morgan fingerprint density at radius 2 is 1.65 bits per heavy atom. The summed E-state index contributed by atoms with van der Waals surface area (Å²) in [7, 11) is 3.32. The minimum Gasteiger partial charge on any atom is -0.497 e. The zero-order chi connectivity index (χ0) is 21.6. The van der Waals surface area contributed by atoms with Crippen molar-refractivity contribution in [2.45, 2.75) is 24.4 Å². The minimum atomic E-state index is 0.724. The van der Waals surface area contributed by atoms with E-state index in [-0.39, 0.29) is 0 Å². The lowest BCUT2D eigenvalue weighted by Crippen LogP contribution is -2.00. The normalized spacial score (nSPS) is 10.8. The van der Waals surface area contributed by atoms with Crippen LogP contribution in [0.15, 0.2) is 59.1 Å². The van der Waals surface area contributed by atoms with Crippen molar-refractivity contribution in [2.75, 3.05) is 19.5 Å². The zero-order valence-corrected chi connectivity index (χ0v) is 19.2. The molecule has 0 aliphatic rings. The molecule has 0 amide bonds. The van der Waals surface area contributed by atoms with Gasteiger partial charge < -0.3 is 19.4 Å². The first-order valence-electron chi connectivity index (χ1n) is 9.76. The molecule has 160 valence electrons. The summed E-state index contributed by atoms with van der Waals surface area (Å²) in [4.78, 5) is 4.69. The SMILES string of the molecule is CCn1c(SCc2csc(Nc3ccc(OC)cc3)n2)nnc1-c1ccc(OC)cc1. The highest BCUT2D eigenvalue weighted by molar-refractivity contribution is 7.98. The van der Waals surface area contributed by atoms with Gasteiger partial charge in [-0.2, -0.15) is 0 Å². The molecule has 0 fully saturated rings. The average Bonchev–Trinajstić information content (AvgIpc) is 3.44. The lowest BCUT2D eigenvalue weighted by atomic mass is 10.2. The zero-order valence-electron chi connectivity index (χ0n) is 17.5. The number of rotatable bonds is 9. The number of aromatic nitrogens is 4. The standard InChI is InChI=1S/C22H23N5O2S2/c1-4-27-20(15-5-9-18(28-2)10-6-15)25-26-22(27)31-14-17-13-30-21(24-17)23-16-7-11-19(29-3)12-8-16/h5-13H,4,14H2,1-3H3,(H,23,24). The van der Waals surface area contributed by atoms with Gasteiger partial charge in [-0.3, -0.25) is 0 Å². The average molecular weight is 454 g/mol. The Bertz CT molecular complexity index is 1120. The van der Waals surface area contributed by atoms with E-state index in [1.54, 1.807) is 37.3 Å². The number of methoxy groups -OCH3 is 2. The number of nitrogens with one attached hydrogen (secondary N) is 1. The number of anilines is 2. The Labute approximate surface area is 189 Å². The van der Waals surface area contributed by atoms with Gasteiger partial charge in [-0.05, 0) is 55.5 Å². The van der Waals surface area contributed by atoms with E-state index in [1.165, 1.54) is 0 Å². The van der Waals surface area contributed by atoms with Crippen molar-refractivity contribution in [2.24, 2.45) is 0 Å². The van der Waals surface area contributed by atoms with Gasteiger partial charge in [0.1, 0.15) is 11.5 Å². The van der Waals surface area contributed by atoms with Gasteiger partial charge in [0.25, 0.3) is 0 Å². The van der Waals surface area contributed by atoms with Crippen LogP contribution in [-0.2, 0) is 12.3 Å². The lowest BCUT2D eigenvalue weighted by molar-refractivity contribution is 0.415. The lowest BCUT2D eigenvalue weighted by Gasteiger charge is -2.07. The molecule has 2 heterocycles. The predicted molar refractivity (Wildman–Crippen MR) is 126 cm³/mol. The number of hydrogen-bond donors (Lipinski definition) is 1. The van der Waals surface area contributed by atoms with E-state index in [0.717, 1.165) is 56.9 Å². The molecule has 0 saturated heterocycles. The van der Waals surface area contributed by atoms with Crippen LogP contribution in [0.4, 0.5) is 10.8 Å². The second kappa shape index (κ2) is 9.84. The number of nitrogens with zero attached hydrogens (tertiary/aromatic N) is 4. The molecule has 9 heteroatoms. The highest BCUT2D eigenvalue weighted by Crippen LogP contribution is 2.29. The maximum atomic E-state index is 5.24. The maximum absolute atomic E-state index is 5.24. The van der Waals surface area contributed by atoms with Crippen molar-refractivity contribution >= 4 is 33.9 Å². The van der Waals surface area contributed by atoms with E-state index in [9.17, 15) is 0 Å². The molecule has 7 nitrogen and oxygen atoms in total. The van der Waals surface area contributed by atoms with Crippen LogP contribution in [-0.4, -0.2) is 34.0 Å². The first-order chi connectivity index (χ1) is 15.2. The molecule has 4 aromatic rings. The topological polar surface area (TPSA) is 74.1 Å². The monoisotopic (exact) mass is 453 g/mol. The second-order valence-electron chi connectivity index (χ2n) is 6.57. The van der Waals surface area contributed by atoms with Crippen molar-refractivity contribution in [1.82, 2.24) is 19.7 Å². The molecule has 2 aromatic heterocycles. The van der Waals surface area contributed by atoms with Crippen LogP contribution in [0, 0.1) is 0 Å². The van der Waals surface area contributed by atoms with E-state index in [4.69, 9.17) is 9.47 Å². The number of thiazole rings is 1. The summed E-state index contributed by atoms with van der Waals surface area (Å²) in [6.45, 7) is 2.89. The molecule has 4 rings (SSSR count). The van der Waals surface area contributed by atoms with Gasteiger partial charge in [0.15, 0.2) is 16.1 Å². The quantitative estimate of drug-likeness (QED) is 0.337. The molecular weight excluding hydrogens is 430 g/mol. The predicted octanol–water partition coefficient (Wildman–Crippen LogP) is 5.47. The number of benzene rings is 2. The highest BCUT2D eigenvalue weighted by Gasteiger charge is 2.14. The van der Waals surface area contributed by atoms with E-state index in [0.29, 0.717) is 0 Å². The molecule has 31 heavy (non-hydrogen) atoms. The molecule has 2 aromatic carbocycles. The second-order valence-corrected chi connectivity index (χ2v) is 8.37. The molecule has 0 spiro atoms. The number of hydrogen-bond acceptors (Lipinski definition) is 8. The van der Waals surface area contributed by atoms with E-state index < -0.39 is 0 Å². The van der Waals surface area contributed by atoms with Gasteiger partial charge in [-0.1, -0.05) is 11.8 Å². The van der Waals surface area contributed by atoms with Crippen LogP contribution in [0.5, 0.6) is 11.5 Å². The smallest absolute Gasteiger partial charge is 0.191 e. The summed E-state index contributed by atoms with van der Waals surface area (Å²) in [5.74, 6) is 3.23. The third-order valence-corrected chi connectivity index (χ3v) is 6.43. The minimum absolute atomic E-state index is 0.724. The van der Waals surface area contributed by atoms with Crippen LogP contribution in [0.2, 0.25) is 0 Å². The first kappa shape index (κ1) is 21.2.